The first-order valence-corrected chi connectivity index (χ1v) is 10.4. The highest BCUT2D eigenvalue weighted by Crippen LogP contribution is 2.25. The molecule has 0 aliphatic carbocycles. The van der Waals surface area contributed by atoms with Crippen LogP contribution in [0, 0.1) is 0 Å². The van der Waals surface area contributed by atoms with Crippen LogP contribution in [0.3, 0.4) is 0 Å². The lowest BCUT2D eigenvalue weighted by molar-refractivity contribution is 0.102. The van der Waals surface area contributed by atoms with Crippen LogP contribution in [0.15, 0.2) is 94.9 Å². The maximum atomic E-state index is 13.3. The number of Topliss-reactive ketones (excluding diaryl/α,β-unsaturated/α-hetero) is 1. The van der Waals surface area contributed by atoms with E-state index in [4.69, 9.17) is 4.98 Å². The molecule has 144 valence electrons. The van der Waals surface area contributed by atoms with Crippen LogP contribution >= 0.6 is 11.8 Å². The molecular formula is C24H20N2O2S. The molecule has 0 spiro atoms. The van der Waals surface area contributed by atoms with Gasteiger partial charge in [0.15, 0.2) is 10.9 Å². The molecule has 0 N–H and O–H groups in total. The van der Waals surface area contributed by atoms with E-state index in [2.05, 4.69) is 0 Å². The highest BCUT2D eigenvalue weighted by Gasteiger charge is 2.19. The number of para-hydroxylation sites is 1. The lowest BCUT2D eigenvalue weighted by atomic mass is 10.1. The van der Waals surface area contributed by atoms with Gasteiger partial charge in [-0.15, -0.1) is 0 Å². The quantitative estimate of drug-likeness (QED) is 0.260. The van der Waals surface area contributed by atoms with Crippen molar-refractivity contribution in [1.29, 1.82) is 0 Å². The van der Waals surface area contributed by atoms with E-state index in [9.17, 15) is 9.59 Å². The van der Waals surface area contributed by atoms with E-state index in [1.807, 2.05) is 73.7 Å². The monoisotopic (exact) mass is 400 g/mol. The topological polar surface area (TPSA) is 52.0 Å². The molecule has 1 aromatic heterocycles. The Morgan fingerprint density at radius 1 is 0.931 bits per heavy atom. The Labute approximate surface area is 173 Å². The molecule has 0 fully saturated rings. The van der Waals surface area contributed by atoms with Crippen molar-refractivity contribution in [3.05, 3.63) is 106 Å². The molecule has 0 saturated heterocycles. The first kappa shape index (κ1) is 19.2. The maximum Gasteiger partial charge on any atom is 0.262 e. The summed E-state index contributed by atoms with van der Waals surface area (Å²) in [5, 5.41) is 1.13. The van der Waals surface area contributed by atoms with Crippen LogP contribution in [0.25, 0.3) is 10.9 Å². The summed E-state index contributed by atoms with van der Waals surface area (Å²) >= 11 is 1.30. The van der Waals surface area contributed by atoms with Crippen molar-refractivity contribution >= 4 is 28.4 Å². The van der Waals surface area contributed by atoms with Crippen LogP contribution in [0.1, 0.15) is 28.9 Å². The molecule has 0 amide bonds. The van der Waals surface area contributed by atoms with Gasteiger partial charge < -0.3 is 0 Å². The number of nitrogens with zero attached hydrogens (tertiary/aromatic N) is 2. The average molecular weight is 401 g/mol. The number of hydrogen-bond acceptors (Lipinski definition) is 4. The van der Waals surface area contributed by atoms with E-state index in [-0.39, 0.29) is 23.1 Å². The van der Waals surface area contributed by atoms with Crippen LogP contribution in [0.4, 0.5) is 0 Å². The van der Waals surface area contributed by atoms with Crippen molar-refractivity contribution in [2.75, 3.05) is 5.75 Å². The first-order valence-electron chi connectivity index (χ1n) is 9.42. The Balaban J connectivity index is 1.75. The molecule has 1 atom stereocenters. The van der Waals surface area contributed by atoms with Gasteiger partial charge in [-0.3, -0.25) is 14.2 Å². The molecule has 0 saturated carbocycles. The number of carbonyl (C=O) groups excluding carboxylic acids is 1. The van der Waals surface area contributed by atoms with Crippen molar-refractivity contribution in [1.82, 2.24) is 9.55 Å². The molecule has 0 unspecified atom stereocenters. The molecule has 0 aliphatic rings. The molecule has 1 heterocycles. The van der Waals surface area contributed by atoms with Crippen LogP contribution < -0.4 is 5.56 Å². The minimum atomic E-state index is -0.199. The van der Waals surface area contributed by atoms with Crippen LogP contribution in [-0.4, -0.2) is 21.1 Å². The van der Waals surface area contributed by atoms with Gasteiger partial charge in [-0.2, -0.15) is 0 Å². The van der Waals surface area contributed by atoms with Crippen molar-refractivity contribution in [3.63, 3.8) is 0 Å². The molecule has 0 aliphatic heterocycles. The Morgan fingerprint density at radius 3 is 2.28 bits per heavy atom. The second kappa shape index (κ2) is 8.45. The lowest BCUT2D eigenvalue weighted by Gasteiger charge is -2.20. The Kier molecular flexibility index (Phi) is 5.58. The zero-order valence-electron chi connectivity index (χ0n) is 16.0. The van der Waals surface area contributed by atoms with E-state index < -0.39 is 0 Å². The fraction of sp³-hybridized carbons (Fsp3) is 0.125. The lowest BCUT2D eigenvalue weighted by Crippen LogP contribution is -2.27. The number of rotatable bonds is 6. The first-order chi connectivity index (χ1) is 14.1. The SMILES string of the molecule is C[C@@H](c1ccccc1)n1c(SCC(=O)c2ccccc2)nc2ccccc2c1=O. The van der Waals surface area contributed by atoms with Gasteiger partial charge in [0, 0.05) is 5.56 Å². The van der Waals surface area contributed by atoms with Crippen molar-refractivity contribution in [2.45, 2.75) is 18.1 Å². The second-order valence-corrected chi connectivity index (χ2v) is 7.69. The van der Waals surface area contributed by atoms with E-state index in [1.165, 1.54) is 11.8 Å². The van der Waals surface area contributed by atoms with E-state index >= 15 is 0 Å². The third-order valence-electron chi connectivity index (χ3n) is 4.87. The zero-order chi connectivity index (χ0) is 20.2. The van der Waals surface area contributed by atoms with Gasteiger partial charge in [0.1, 0.15) is 0 Å². The molecule has 0 radical (unpaired) electrons. The average Bonchev–Trinajstić information content (AvgIpc) is 2.78. The van der Waals surface area contributed by atoms with Gasteiger partial charge in [-0.05, 0) is 24.6 Å². The number of hydrogen-bond donors (Lipinski definition) is 0. The predicted molar refractivity (Wildman–Crippen MR) is 118 cm³/mol. The highest BCUT2D eigenvalue weighted by atomic mass is 32.2. The summed E-state index contributed by atoms with van der Waals surface area (Å²) < 4.78 is 1.70. The normalized spacial score (nSPS) is 12.0. The highest BCUT2D eigenvalue weighted by molar-refractivity contribution is 7.99. The van der Waals surface area contributed by atoms with Crippen LogP contribution in [0.5, 0.6) is 0 Å². The summed E-state index contributed by atoms with van der Waals surface area (Å²) in [5.74, 6) is 0.230. The fourth-order valence-electron chi connectivity index (χ4n) is 3.29. The number of aromatic nitrogens is 2. The molecule has 3 aromatic carbocycles. The third-order valence-corrected chi connectivity index (χ3v) is 5.83. The van der Waals surface area contributed by atoms with Crippen molar-refractivity contribution < 1.29 is 4.79 Å². The Hall–Kier alpha value is -3.18. The number of benzene rings is 3. The third kappa shape index (κ3) is 4.00. The summed E-state index contributed by atoms with van der Waals surface area (Å²) in [6.45, 7) is 1.98. The largest absolute Gasteiger partial charge is 0.293 e. The number of thioether (sulfide) groups is 1. The van der Waals surface area contributed by atoms with Crippen LogP contribution in [0.2, 0.25) is 0 Å². The number of ketones is 1. The summed E-state index contributed by atoms with van der Waals surface area (Å²) in [5.41, 5.74) is 2.22. The molecule has 0 bridgehead atoms. The smallest absolute Gasteiger partial charge is 0.262 e. The van der Waals surface area contributed by atoms with Crippen molar-refractivity contribution in [2.24, 2.45) is 0 Å². The van der Waals surface area contributed by atoms with Gasteiger partial charge in [0.25, 0.3) is 5.56 Å². The number of carbonyl (C=O) groups is 1. The molecule has 4 aromatic rings. The van der Waals surface area contributed by atoms with Gasteiger partial charge in [-0.25, -0.2) is 4.98 Å². The summed E-state index contributed by atoms with van der Waals surface area (Å²) in [7, 11) is 0. The standard InChI is InChI=1S/C24H20N2O2S/c1-17(18-10-4-2-5-11-18)26-23(28)20-14-8-9-15-21(20)25-24(26)29-16-22(27)19-12-6-3-7-13-19/h2-15,17H,16H2,1H3/t17-/m0/s1. The maximum absolute atomic E-state index is 13.3. The van der Waals surface area contributed by atoms with Gasteiger partial charge >= 0.3 is 0 Å². The van der Waals surface area contributed by atoms with Gasteiger partial charge in [0.05, 0.1) is 22.7 Å². The summed E-state index contributed by atoms with van der Waals surface area (Å²) in [6, 6.07) is 26.2. The fourth-order valence-corrected chi connectivity index (χ4v) is 4.26. The zero-order valence-corrected chi connectivity index (χ0v) is 16.8. The van der Waals surface area contributed by atoms with Gasteiger partial charge in [-0.1, -0.05) is 84.6 Å². The second-order valence-electron chi connectivity index (χ2n) is 6.75. The molecule has 4 rings (SSSR count). The van der Waals surface area contributed by atoms with E-state index in [1.54, 1.807) is 22.8 Å². The summed E-state index contributed by atoms with van der Waals surface area (Å²) in [4.78, 5) is 30.6. The van der Waals surface area contributed by atoms with E-state index in [0.717, 1.165) is 5.56 Å². The Bertz CT molecular complexity index is 1200. The minimum absolute atomic E-state index is 0.0110. The number of fused-ring (bicyclic) bond motifs is 1. The molecule has 29 heavy (non-hydrogen) atoms. The predicted octanol–water partition coefficient (Wildman–Crippen LogP) is 4.98. The van der Waals surface area contributed by atoms with Crippen LogP contribution in [-0.2, 0) is 0 Å². The van der Waals surface area contributed by atoms with E-state index in [0.29, 0.717) is 21.6 Å². The molecule has 5 heteroatoms. The summed E-state index contributed by atoms with van der Waals surface area (Å²) in [6.07, 6.45) is 0. The van der Waals surface area contributed by atoms with Crippen molar-refractivity contribution in [3.8, 4) is 0 Å². The minimum Gasteiger partial charge on any atom is -0.293 e. The Morgan fingerprint density at radius 2 is 1.55 bits per heavy atom. The van der Waals surface area contributed by atoms with Gasteiger partial charge in [0.2, 0.25) is 0 Å². The molecular weight excluding hydrogens is 380 g/mol. The molecule has 4 nitrogen and oxygen atoms in total.